The summed E-state index contributed by atoms with van der Waals surface area (Å²) in [6, 6.07) is 15.5. The molecule has 0 bridgehead atoms. The number of carbonyl (C=O) groups is 3. The van der Waals surface area contributed by atoms with Gasteiger partial charge >= 0.3 is 12.1 Å². The van der Waals surface area contributed by atoms with Crippen LogP contribution in [-0.4, -0.2) is 53.2 Å². The van der Waals surface area contributed by atoms with E-state index in [2.05, 4.69) is 29.6 Å². The van der Waals surface area contributed by atoms with Crippen LogP contribution in [0.25, 0.3) is 11.1 Å². The number of nitrogens with zero attached hydrogens (tertiary/aromatic N) is 1. The Morgan fingerprint density at radius 1 is 1.03 bits per heavy atom. The van der Waals surface area contributed by atoms with E-state index in [1.165, 1.54) is 0 Å². The molecule has 2 N–H and O–H groups in total. The monoisotopic (exact) mass is 478 g/mol. The lowest BCUT2D eigenvalue weighted by molar-refractivity contribution is -0.141. The first-order valence-electron chi connectivity index (χ1n) is 12.5. The van der Waals surface area contributed by atoms with Crippen LogP contribution in [0, 0.1) is 5.92 Å². The zero-order chi connectivity index (χ0) is 24.9. The zero-order valence-corrected chi connectivity index (χ0v) is 20.4. The molecule has 0 saturated carbocycles. The highest BCUT2D eigenvalue weighted by Crippen LogP contribution is 2.44. The third-order valence-electron chi connectivity index (χ3n) is 7.15. The summed E-state index contributed by atoms with van der Waals surface area (Å²) in [4.78, 5) is 39.1. The number of aliphatic carboxylic acids is 1. The number of amides is 2. The van der Waals surface area contributed by atoms with Gasteiger partial charge in [-0.2, -0.15) is 0 Å². The Morgan fingerprint density at radius 3 is 2.26 bits per heavy atom. The number of ether oxygens (including phenoxy) is 1. The van der Waals surface area contributed by atoms with Crippen molar-refractivity contribution in [2.24, 2.45) is 5.92 Å². The topological polar surface area (TPSA) is 95.9 Å². The van der Waals surface area contributed by atoms with Crippen molar-refractivity contribution in [3.8, 4) is 11.1 Å². The van der Waals surface area contributed by atoms with Crippen LogP contribution in [0.4, 0.5) is 4.79 Å². The summed E-state index contributed by atoms with van der Waals surface area (Å²) in [5.74, 6) is -1.21. The molecule has 2 amide bonds. The van der Waals surface area contributed by atoms with E-state index in [1.54, 1.807) is 4.90 Å². The average molecular weight is 479 g/mol. The van der Waals surface area contributed by atoms with E-state index < -0.39 is 18.1 Å². The molecule has 4 rings (SSSR count). The lowest BCUT2D eigenvalue weighted by atomic mass is 9.95. The first-order valence-corrected chi connectivity index (χ1v) is 12.5. The van der Waals surface area contributed by atoms with E-state index >= 15 is 0 Å². The van der Waals surface area contributed by atoms with Crippen LogP contribution in [0.3, 0.4) is 0 Å². The van der Waals surface area contributed by atoms with Gasteiger partial charge in [-0.15, -0.1) is 0 Å². The molecular weight excluding hydrogens is 444 g/mol. The first kappa shape index (κ1) is 24.8. The van der Waals surface area contributed by atoms with Gasteiger partial charge in [0, 0.05) is 24.9 Å². The third kappa shape index (κ3) is 5.50. The molecule has 1 heterocycles. The number of fused-ring (bicyclic) bond motifs is 3. The van der Waals surface area contributed by atoms with Crippen molar-refractivity contribution in [2.45, 2.75) is 64.0 Å². The van der Waals surface area contributed by atoms with Crippen molar-refractivity contribution < 1.29 is 24.2 Å². The fourth-order valence-corrected chi connectivity index (χ4v) is 5.34. The van der Waals surface area contributed by atoms with Gasteiger partial charge in [-0.25, -0.2) is 4.79 Å². The minimum atomic E-state index is -0.861. The second kappa shape index (κ2) is 10.9. The lowest BCUT2D eigenvalue weighted by Crippen LogP contribution is -2.55. The van der Waals surface area contributed by atoms with Gasteiger partial charge in [0.25, 0.3) is 0 Å². The number of carbonyl (C=O) groups excluding carboxylic acids is 2. The molecule has 1 unspecified atom stereocenters. The number of carboxylic acid groups (broad SMARTS) is 1. The van der Waals surface area contributed by atoms with Crippen molar-refractivity contribution in [1.82, 2.24) is 10.2 Å². The lowest BCUT2D eigenvalue weighted by Gasteiger charge is -2.38. The summed E-state index contributed by atoms with van der Waals surface area (Å²) < 4.78 is 5.67. The summed E-state index contributed by atoms with van der Waals surface area (Å²) in [6.07, 6.45) is 2.48. The Bertz CT molecular complexity index is 1040. The van der Waals surface area contributed by atoms with Crippen LogP contribution < -0.4 is 5.32 Å². The molecule has 2 aromatic carbocycles. The molecule has 186 valence electrons. The van der Waals surface area contributed by atoms with Gasteiger partial charge in [0.2, 0.25) is 5.91 Å². The summed E-state index contributed by atoms with van der Waals surface area (Å²) >= 11 is 0. The van der Waals surface area contributed by atoms with Crippen LogP contribution in [0.15, 0.2) is 48.5 Å². The van der Waals surface area contributed by atoms with Gasteiger partial charge < -0.3 is 20.1 Å². The van der Waals surface area contributed by atoms with E-state index in [-0.39, 0.29) is 36.8 Å². The minimum absolute atomic E-state index is 0.0284. The van der Waals surface area contributed by atoms with Crippen LogP contribution in [-0.2, 0) is 14.3 Å². The summed E-state index contributed by atoms with van der Waals surface area (Å²) in [7, 11) is 0. The molecule has 7 heteroatoms. The fraction of sp³-hybridized carbons (Fsp3) is 0.464. The van der Waals surface area contributed by atoms with E-state index in [0.29, 0.717) is 13.0 Å². The van der Waals surface area contributed by atoms with Crippen molar-refractivity contribution in [2.75, 3.05) is 13.2 Å². The molecule has 35 heavy (non-hydrogen) atoms. The third-order valence-corrected chi connectivity index (χ3v) is 7.15. The molecule has 0 aromatic heterocycles. The molecule has 1 aliphatic carbocycles. The number of nitrogens with one attached hydrogen (secondary N) is 1. The number of hydrogen-bond acceptors (Lipinski definition) is 4. The van der Waals surface area contributed by atoms with Crippen LogP contribution in [0.1, 0.15) is 63.0 Å². The second-order valence-electron chi connectivity index (χ2n) is 9.81. The maximum Gasteiger partial charge on any atom is 0.407 e. The SMILES string of the molecule is CC(C)[C@H](NC(=O)OCC1c2ccccc2-c2ccccc21)C(=O)N1CCCCC1CCC(=O)O. The van der Waals surface area contributed by atoms with Gasteiger partial charge in [-0.05, 0) is 53.9 Å². The molecule has 0 spiro atoms. The van der Waals surface area contributed by atoms with Crippen molar-refractivity contribution in [3.05, 3.63) is 59.7 Å². The predicted molar refractivity (Wildman–Crippen MR) is 133 cm³/mol. The molecule has 1 saturated heterocycles. The van der Waals surface area contributed by atoms with Crippen LogP contribution >= 0.6 is 0 Å². The Labute approximate surface area is 206 Å². The maximum absolute atomic E-state index is 13.4. The van der Waals surface area contributed by atoms with E-state index in [4.69, 9.17) is 9.84 Å². The van der Waals surface area contributed by atoms with Gasteiger partial charge in [0.05, 0.1) is 0 Å². The molecule has 2 aromatic rings. The maximum atomic E-state index is 13.4. The largest absolute Gasteiger partial charge is 0.481 e. The Balaban J connectivity index is 1.41. The van der Waals surface area contributed by atoms with E-state index in [0.717, 1.165) is 41.5 Å². The van der Waals surface area contributed by atoms with Crippen LogP contribution in [0.2, 0.25) is 0 Å². The summed E-state index contributed by atoms with van der Waals surface area (Å²) in [6.45, 7) is 4.55. The number of likely N-dealkylation sites (tertiary alicyclic amines) is 1. The summed E-state index contributed by atoms with van der Waals surface area (Å²) in [5.41, 5.74) is 4.58. The number of rotatable bonds is 8. The predicted octanol–water partition coefficient (Wildman–Crippen LogP) is 4.80. The quantitative estimate of drug-likeness (QED) is 0.568. The number of benzene rings is 2. The fourth-order valence-electron chi connectivity index (χ4n) is 5.34. The molecule has 1 fully saturated rings. The van der Waals surface area contributed by atoms with E-state index in [1.807, 2.05) is 38.1 Å². The van der Waals surface area contributed by atoms with Crippen LogP contribution in [0.5, 0.6) is 0 Å². The molecule has 2 aliphatic rings. The number of carboxylic acids is 1. The average Bonchev–Trinajstić information content (AvgIpc) is 3.18. The Kier molecular flexibility index (Phi) is 7.73. The number of hydrogen-bond donors (Lipinski definition) is 2. The molecule has 2 atom stereocenters. The Morgan fingerprint density at radius 2 is 1.66 bits per heavy atom. The second-order valence-corrected chi connectivity index (χ2v) is 9.81. The standard InChI is InChI=1S/C28H34N2O5/c1-18(2)26(27(33)30-16-8-7-9-19(30)14-15-25(31)32)29-28(34)35-17-24-22-12-5-3-10-20(22)21-11-4-6-13-23(21)24/h3-6,10-13,18-19,24,26H,7-9,14-17H2,1-2H3,(H,29,34)(H,31,32)/t19?,26-/m0/s1. The highest BCUT2D eigenvalue weighted by Gasteiger charge is 2.35. The highest BCUT2D eigenvalue weighted by atomic mass is 16.5. The van der Waals surface area contributed by atoms with Gasteiger partial charge in [0.15, 0.2) is 0 Å². The van der Waals surface area contributed by atoms with Crippen molar-refractivity contribution >= 4 is 18.0 Å². The number of alkyl carbamates (subject to hydrolysis) is 1. The molecule has 7 nitrogen and oxygen atoms in total. The van der Waals surface area contributed by atoms with Gasteiger partial charge in [-0.3, -0.25) is 9.59 Å². The normalized spacial score (nSPS) is 18.0. The highest BCUT2D eigenvalue weighted by molar-refractivity contribution is 5.86. The van der Waals surface area contributed by atoms with Gasteiger partial charge in [-0.1, -0.05) is 62.4 Å². The van der Waals surface area contributed by atoms with Crippen molar-refractivity contribution in [1.29, 1.82) is 0 Å². The Hall–Kier alpha value is -3.35. The molecule has 0 radical (unpaired) electrons. The smallest absolute Gasteiger partial charge is 0.407 e. The molecular formula is C28H34N2O5. The number of piperidine rings is 1. The van der Waals surface area contributed by atoms with Crippen molar-refractivity contribution in [3.63, 3.8) is 0 Å². The zero-order valence-electron chi connectivity index (χ0n) is 20.4. The van der Waals surface area contributed by atoms with E-state index in [9.17, 15) is 14.4 Å². The molecule has 1 aliphatic heterocycles. The summed E-state index contributed by atoms with van der Waals surface area (Å²) in [5, 5.41) is 11.9. The van der Waals surface area contributed by atoms with Gasteiger partial charge in [0.1, 0.15) is 12.6 Å². The minimum Gasteiger partial charge on any atom is -0.481 e. The first-order chi connectivity index (χ1) is 16.9.